The minimum Gasteiger partial charge on any atom is -0.338 e. The number of hydrogen-bond donors (Lipinski definition) is 0. The molecule has 0 saturated carbocycles. The van der Waals surface area contributed by atoms with Crippen LogP contribution in [0, 0.1) is 0 Å². The van der Waals surface area contributed by atoms with E-state index < -0.39 is 0 Å². The molecule has 1 aromatic rings. The molecule has 14 heavy (non-hydrogen) atoms. The van der Waals surface area contributed by atoms with Crippen LogP contribution in [0.5, 0.6) is 0 Å². The van der Waals surface area contributed by atoms with Gasteiger partial charge in [0.2, 0.25) is 5.95 Å². The van der Waals surface area contributed by atoms with Gasteiger partial charge in [0.15, 0.2) is 0 Å². The Bertz CT molecular complexity index is 310. The number of halogens is 1. The molecule has 1 aliphatic rings. The average Bonchev–Trinajstić information content (AvgIpc) is 2.57. The van der Waals surface area contributed by atoms with Crippen molar-refractivity contribution in [1.82, 2.24) is 9.55 Å². The molecule has 1 aliphatic heterocycles. The Morgan fingerprint density at radius 3 is 3.00 bits per heavy atom. The molecule has 0 amide bonds. The number of alkyl halides is 1. The van der Waals surface area contributed by atoms with E-state index in [4.69, 9.17) is 0 Å². The molecule has 0 aromatic carbocycles. The Hall–Kier alpha value is -0.510. The van der Waals surface area contributed by atoms with Gasteiger partial charge in [-0.1, -0.05) is 15.9 Å². The Morgan fingerprint density at radius 1 is 1.57 bits per heavy atom. The number of aryl methyl sites for hydroxylation is 1. The van der Waals surface area contributed by atoms with Gasteiger partial charge in [-0.3, -0.25) is 0 Å². The highest BCUT2D eigenvalue weighted by Crippen LogP contribution is 2.27. The lowest BCUT2D eigenvalue weighted by atomic mass is 10.0. The third kappa shape index (κ3) is 1.67. The molecule has 1 saturated heterocycles. The summed E-state index contributed by atoms with van der Waals surface area (Å²) in [6, 6.07) is 0.532. The predicted molar refractivity (Wildman–Crippen MR) is 62.0 cm³/mol. The monoisotopic (exact) mass is 257 g/mol. The molecule has 2 heterocycles. The van der Waals surface area contributed by atoms with Crippen LogP contribution < -0.4 is 4.90 Å². The molecule has 2 rings (SSSR count). The number of nitrogens with zero attached hydrogens (tertiary/aromatic N) is 3. The number of aromatic nitrogens is 2. The Balaban J connectivity index is 2.21. The molecule has 78 valence electrons. The highest BCUT2D eigenvalue weighted by molar-refractivity contribution is 9.09. The molecule has 0 radical (unpaired) electrons. The minimum absolute atomic E-state index is 0.532. The number of hydrogen-bond acceptors (Lipinski definition) is 2. The van der Waals surface area contributed by atoms with Crippen LogP contribution in [-0.2, 0) is 7.05 Å². The summed E-state index contributed by atoms with van der Waals surface area (Å²) in [5.74, 6) is 1.08. The Kier molecular flexibility index (Phi) is 2.81. The van der Waals surface area contributed by atoms with E-state index in [1.54, 1.807) is 0 Å². The van der Waals surface area contributed by atoms with E-state index in [0.717, 1.165) is 12.5 Å². The Labute approximate surface area is 93.2 Å². The van der Waals surface area contributed by atoms with E-state index in [-0.39, 0.29) is 0 Å². The number of piperidine rings is 1. The quantitative estimate of drug-likeness (QED) is 0.720. The molecule has 0 spiro atoms. The Morgan fingerprint density at radius 2 is 2.36 bits per heavy atom. The lowest BCUT2D eigenvalue weighted by Gasteiger charge is -2.37. The molecular formula is C10H16BrN3. The smallest absolute Gasteiger partial charge is 0.205 e. The van der Waals surface area contributed by atoms with Crippen LogP contribution in [0.1, 0.15) is 19.8 Å². The fourth-order valence-electron chi connectivity index (χ4n) is 2.01. The topological polar surface area (TPSA) is 21.1 Å². The van der Waals surface area contributed by atoms with Crippen molar-refractivity contribution >= 4 is 21.9 Å². The van der Waals surface area contributed by atoms with Crippen molar-refractivity contribution in [1.29, 1.82) is 0 Å². The van der Waals surface area contributed by atoms with Gasteiger partial charge in [-0.2, -0.15) is 0 Å². The molecule has 3 nitrogen and oxygen atoms in total. The van der Waals surface area contributed by atoms with Crippen LogP contribution in [0.15, 0.2) is 12.4 Å². The van der Waals surface area contributed by atoms with Gasteiger partial charge in [-0.25, -0.2) is 4.98 Å². The van der Waals surface area contributed by atoms with E-state index in [0.29, 0.717) is 10.9 Å². The molecule has 4 heteroatoms. The predicted octanol–water partition coefficient (Wildman–Crippen LogP) is 2.17. The standard InChI is InChI=1S/C10H16BrN3/c1-8-9(11)4-3-6-14(8)10-12-5-7-13(10)2/h5,7-9H,3-4,6H2,1-2H3. The zero-order valence-corrected chi connectivity index (χ0v) is 10.2. The summed E-state index contributed by atoms with van der Waals surface area (Å²) >= 11 is 3.73. The molecule has 0 N–H and O–H groups in total. The molecule has 2 unspecified atom stereocenters. The lowest BCUT2D eigenvalue weighted by Crippen LogP contribution is -2.45. The third-order valence-corrected chi connectivity index (χ3v) is 4.17. The minimum atomic E-state index is 0.532. The van der Waals surface area contributed by atoms with Gasteiger partial charge in [-0.15, -0.1) is 0 Å². The first kappa shape index (κ1) is 10.0. The second-order valence-corrected chi connectivity index (χ2v) is 5.11. The maximum atomic E-state index is 4.39. The van der Waals surface area contributed by atoms with Crippen molar-refractivity contribution in [2.24, 2.45) is 7.05 Å². The summed E-state index contributed by atoms with van der Waals surface area (Å²) in [5, 5.41) is 0. The fraction of sp³-hybridized carbons (Fsp3) is 0.700. The van der Waals surface area contributed by atoms with E-state index in [1.165, 1.54) is 12.8 Å². The first-order valence-electron chi connectivity index (χ1n) is 5.08. The third-order valence-electron chi connectivity index (χ3n) is 2.95. The van der Waals surface area contributed by atoms with Crippen LogP contribution >= 0.6 is 15.9 Å². The van der Waals surface area contributed by atoms with Gasteiger partial charge in [0, 0.05) is 36.9 Å². The summed E-state index contributed by atoms with van der Waals surface area (Å²) in [7, 11) is 2.05. The maximum Gasteiger partial charge on any atom is 0.205 e. The molecule has 0 aliphatic carbocycles. The second-order valence-electron chi connectivity index (χ2n) is 3.93. The molecule has 2 atom stereocenters. The second kappa shape index (κ2) is 3.93. The van der Waals surface area contributed by atoms with Crippen LogP contribution in [0.3, 0.4) is 0 Å². The van der Waals surface area contributed by atoms with Crippen LogP contribution in [0.2, 0.25) is 0 Å². The maximum absolute atomic E-state index is 4.39. The van der Waals surface area contributed by atoms with Crippen LogP contribution in [-0.4, -0.2) is 27.0 Å². The van der Waals surface area contributed by atoms with Gasteiger partial charge < -0.3 is 9.47 Å². The van der Waals surface area contributed by atoms with E-state index in [1.807, 2.05) is 19.4 Å². The molecule has 1 fully saturated rings. The summed E-state index contributed by atoms with van der Waals surface area (Å²) in [4.78, 5) is 7.36. The molecule has 1 aromatic heterocycles. The van der Waals surface area contributed by atoms with Gasteiger partial charge in [0.1, 0.15) is 0 Å². The van der Waals surface area contributed by atoms with Crippen molar-refractivity contribution in [2.75, 3.05) is 11.4 Å². The first-order chi connectivity index (χ1) is 6.70. The average molecular weight is 258 g/mol. The zero-order valence-electron chi connectivity index (χ0n) is 8.65. The number of rotatable bonds is 1. The van der Waals surface area contributed by atoms with Crippen molar-refractivity contribution in [3.63, 3.8) is 0 Å². The number of anilines is 1. The normalized spacial score (nSPS) is 28.1. The van der Waals surface area contributed by atoms with Gasteiger partial charge >= 0.3 is 0 Å². The fourth-order valence-corrected chi connectivity index (χ4v) is 2.62. The lowest BCUT2D eigenvalue weighted by molar-refractivity contribution is 0.490. The largest absolute Gasteiger partial charge is 0.338 e. The van der Waals surface area contributed by atoms with E-state index in [9.17, 15) is 0 Å². The summed E-state index contributed by atoms with van der Waals surface area (Å²) in [5.41, 5.74) is 0. The van der Waals surface area contributed by atoms with Gasteiger partial charge in [-0.05, 0) is 19.8 Å². The summed E-state index contributed by atoms with van der Waals surface area (Å²) in [6.45, 7) is 3.38. The van der Waals surface area contributed by atoms with Crippen LogP contribution in [0.25, 0.3) is 0 Å². The zero-order chi connectivity index (χ0) is 10.1. The van der Waals surface area contributed by atoms with Gasteiger partial charge in [0.25, 0.3) is 0 Å². The number of imidazole rings is 1. The highest BCUT2D eigenvalue weighted by atomic mass is 79.9. The van der Waals surface area contributed by atoms with Gasteiger partial charge in [0.05, 0.1) is 0 Å². The first-order valence-corrected chi connectivity index (χ1v) is 6.00. The van der Waals surface area contributed by atoms with Crippen molar-refractivity contribution < 1.29 is 0 Å². The highest BCUT2D eigenvalue weighted by Gasteiger charge is 2.27. The summed E-state index contributed by atoms with van der Waals surface area (Å²) in [6.07, 6.45) is 6.37. The summed E-state index contributed by atoms with van der Waals surface area (Å²) < 4.78 is 2.08. The van der Waals surface area contributed by atoms with E-state index >= 15 is 0 Å². The van der Waals surface area contributed by atoms with Crippen molar-refractivity contribution in [3.05, 3.63) is 12.4 Å². The van der Waals surface area contributed by atoms with Crippen LogP contribution in [0.4, 0.5) is 5.95 Å². The van der Waals surface area contributed by atoms with Crippen molar-refractivity contribution in [2.45, 2.75) is 30.6 Å². The van der Waals surface area contributed by atoms with E-state index in [2.05, 4.69) is 37.3 Å². The molecule has 0 bridgehead atoms. The van der Waals surface area contributed by atoms with Crippen molar-refractivity contribution in [3.8, 4) is 0 Å². The SMILES string of the molecule is CC1C(Br)CCCN1c1nccn1C. The molecular weight excluding hydrogens is 242 g/mol.